The van der Waals surface area contributed by atoms with Crippen LogP contribution in [0, 0.1) is 0 Å². The number of carbonyl (C=O) groups excluding carboxylic acids is 2. The lowest BCUT2D eigenvalue weighted by Crippen LogP contribution is -2.40. The lowest BCUT2D eigenvalue weighted by molar-refractivity contribution is -0.115. The second kappa shape index (κ2) is 9.13. The van der Waals surface area contributed by atoms with Crippen LogP contribution in [0.2, 0.25) is 0 Å². The highest BCUT2D eigenvalue weighted by atomic mass is 16.6. The van der Waals surface area contributed by atoms with Crippen molar-refractivity contribution in [2.24, 2.45) is 0 Å². The van der Waals surface area contributed by atoms with E-state index in [1.165, 1.54) is 0 Å². The molecule has 6 nitrogen and oxygen atoms in total. The first kappa shape index (κ1) is 19.5. The van der Waals surface area contributed by atoms with Crippen LogP contribution in [0.5, 0.6) is 11.5 Å². The first-order valence-electron chi connectivity index (χ1n) is 9.78. The fourth-order valence-electron chi connectivity index (χ4n) is 3.16. The second-order valence-corrected chi connectivity index (χ2v) is 7.00. The van der Waals surface area contributed by atoms with Crippen molar-refractivity contribution in [2.45, 2.75) is 12.5 Å². The Morgan fingerprint density at radius 1 is 0.867 bits per heavy atom. The van der Waals surface area contributed by atoms with Gasteiger partial charge in [0.15, 0.2) is 11.5 Å². The minimum atomic E-state index is -0.250. The Balaban J connectivity index is 1.26. The van der Waals surface area contributed by atoms with Gasteiger partial charge in [-0.3, -0.25) is 9.59 Å². The number of amides is 2. The Hall–Kier alpha value is -3.80. The first-order valence-corrected chi connectivity index (χ1v) is 9.78. The number of fused-ring (bicyclic) bond motifs is 1. The molecule has 1 aliphatic heterocycles. The number of hydrogen-bond acceptors (Lipinski definition) is 4. The Labute approximate surface area is 174 Å². The minimum absolute atomic E-state index is 0.104. The van der Waals surface area contributed by atoms with Crippen LogP contribution in [0.25, 0.3) is 0 Å². The van der Waals surface area contributed by atoms with E-state index in [1.54, 1.807) is 24.3 Å². The zero-order valence-corrected chi connectivity index (χ0v) is 16.3. The maximum atomic E-state index is 12.4. The van der Waals surface area contributed by atoms with Crippen LogP contribution >= 0.6 is 0 Å². The van der Waals surface area contributed by atoms with E-state index < -0.39 is 0 Å². The molecule has 0 saturated carbocycles. The molecule has 0 aromatic heterocycles. The van der Waals surface area contributed by atoms with Gasteiger partial charge in [-0.25, -0.2) is 0 Å². The third kappa shape index (κ3) is 4.97. The third-order valence-corrected chi connectivity index (χ3v) is 4.70. The molecule has 0 aliphatic carbocycles. The van der Waals surface area contributed by atoms with Crippen molar-refractivity contribution < 1.29 is 19.1 Å². The number of nitrogens with one attached hydrogen (secondary N) is 2. The summed E-state index contributed by atoms with van der Waals surface area (Å²) in [6.07, 6.45) is 0.0516. The number of carbonyl (C=O) groups is 2. The zero-order valence-electron chi connectivity index (χ0n) is 16.3. The van der Waals surface area contributed by atoms with Crippen molar-refractivity contribution in [3.8, 4) is 11.5 Å². The van der Waals surface area contributed by atoms with Gasteiger partial charge in [0.1, 0.15) is 12.7 Å². The van der Waals surface area contributed by atoms with Crippen molar-refractivity contribution >= 4 is 17.5 Å². The van der Waals surface area contributed by atoms with E-state index in [9.17, 15) is 9.59 Å². The van der Waals surface area contributed by atoms with Gasteiger partial charge in [0, 0.05) is 11.3 Å². The molecule has 4 rings (SSSR count). The van der Waals surface area contributed by atoms with Crippen LogP contribution in [0.3, 0.4) is 0 Å². The second-order valence-electron chi connectivity index (χ2n) is 7.00. The van der Waals surface area contributed by atoms with E-state index >= 15 is 0 Å². The maximum absolute atomic E-state index is 12.4. The third-order valence-electron chi connectivity index (χ3n) is 4.70. The summed E-state index contributed by atoms with van der Waals surface area (Å²) in [5.74, 6) is 1.08. The van der Waals surface area contributed by atoms with E-state index in [2.05, 4.69) is 10.6 Å². The lowest BCUT2D eigenvalue weighted by atomic mass is 10.1. The molecule has 1 atom stereocenters. The lowest BCUT2D eigenvalue weighted by Gasteiger charge is -2.26. The zero-order chi connectivity index (χ0) is 20.8. The van der Waals surface area contributed by atoms with Gasteiger partial charge in [0.2, 0.25) is 5.91 Å². The van der Waals surface area contributed by atoms with Gasteiger partial charge in [-0.05, 0) is 42.0 Å². The molecule has 30 heavy (non-hydrogen) atoms. The van der Waals surface area contributed by atoms with Gasteiger partial charge < -0.3 is 20.1 Å². The van der Waals surface area contributed by atoms with Crippen molar-refractivity contribution in [1.29, 1.82) is 0 Å². The van der Waals surface area contributed by atoms with Crippen LogP contribution < -0.4 is 20.1 Å². The molecule has 6 heteroatoms. The molecule has 0 bridgehead atoms. The van der Waals surface area contributed by atoms with E-state index in [0.29, 0.717) is 42.3 Å². The molecule has 0 fully saturated rings. The standard InChI is InChI=1S/C24H22N2O4/c27-23(14-17-6-2-1-3-7-17)26-19-12-10-18(11-13-19)24(28)25-15-20-16-29-21-8-4-5-9-22(21)30-20/h1-13,20H,14-16H2,(H,25,28)(H,26,27)/t20-/m1/s1. The molecule has 3 aromatic carbocycles. The van der Waals surface area contributed by atoms with Gasteiger partial charge in [-0.2, -0.15) is 0 Å². The van der Waals surface area contributed by atoms with Gasteiger partial charge in [0.25, 0.3) is 5.91 Å². The molecule has 0 saturated heterocycles. The summed E-state index contributed by atoms with van der Waals surface area (Å²) in [5, 5.41) is 5.70. The molecule has 0 spiro atoms. The highest BCUT2D eigenvalue weighted by molar-refractivity contribution is 5.96. The summed E-state index contributed by atoms with van der Waals surface area (Å²) in [6.45, 7) is 0.715. The van der Waals surface area contributed by atoms with E-state index in [1.807, 2.05) is 54.6 Å². The number of rotatable bonds is 6. The van der Waals surface area contributed by atoms with Gasteiger partial charge >= 0.3 is 0 Å². The predicted molar refractivity (Wildman–Crippen MR) is 114 cm³/mol. The van der Waals surface area contributed by atoms with E-state index in [0.717, 1.165) is 5.56 Å². The van der Waals surface area contributed by atoms with Crippen molar-refractivity contribution in [3.63, 3.8) is 0 Å². The van der Waals surface area contributed by atoms with Crippen LogP contribution in [0.15, 0.2) is 78.9 Å². The molecule has 3 aromatic rings. The molecular formula is C24H22N2O4. The highest BCUT2D eigenvalue weighted by Gasteiger charge is 2.21. The van der Waals surface area contributed by atoms with Crippen LogP contribution in [-0.4, -0.2) is 31.1 Å². The van der Waals surface area contributed by atoms with Gasteiger partial charge in [0.05, 0.1) is 13.0 Å². The van der Waals surface area contributed by atoms with E-state index in [-0.39, 0.29) is 17.9 Å². The largest absolute Gasteiger partial charge is 0.486 e. The summed E-state index contributed by atoms with van der Waals surface area (Å²) in [4.78, 5) is 24.6. The van der Waals surface area contributed by atoms with Crippen LogP contribution in [-0.2, 0) is 11.2 Å². The summed E-state index contributed by atoms with van der Waals surface area (Å²) < 4.78 is 11.5. The number of benzene rings is 3. The van der Waals surface area contributed by atoms with E-state index in [4.69, 9.17) is 9.47 Å². The number of hydrogen-bond donors (Lipinski definition) is 2. The summed E-state index contributed by atoms with van der Waals surface area (Å²) >= 11 is 0. The smallest absolute Gasteiger partial charge is 0.251 e. The molecule has 2 amide bonds. The molecule has 1 heterocycles. The predicted octanol–water partition coefficient (Wildman–Crippen LogP) is 3.44. The molecule has 1 aliphatic rings. The quantitative estimate of drug-likeness (QED) is 0.662. The van der Waals surface area contributed by atoms with Crippen molar-refractivity contribution in [3.05, 3.63) is 90.0 Å². The van der Waals surface area contributed by atoms with Gasteiger partial charge in [-0.1, -0.05) is 42.5 Å². The topological polar surface area (TPSA) is 76.7 Å². The average Bonchev–Trinajstić information content (AvgIpc) is 2.78. The summed E-state index contributed by atoms with van der Waals surface area (Å²) in [7, 11) is 0. The summed E-state index contributed by atoms with van der Waals surface area (Å²) in [6, 6.07) is 23.8. The Bertz CT molecular complexity index is 1020. The number of anilines is 1. The van der Waals surface area contributed by atoms with Crippen LogP contribution in [0.1, 0.15) is 15.9 Å². The number of ether oxygens (including phenoxy) is 2. The fourth-order valence-corrected chi connectivity index (χ4v) is 3.16. The van der Waals surface area contributed by atoms with Gasteiger partial charge in [-0.15, -0.1) is 0 Å². The van der Waals surface area contributed by atoms with Crippen LogP contribution in [0.4, 0.5) is 5.69 Å². The molecule has 0 radical (unpaired) electrons. The molecule has 2 N–H and O–H groups in total. The normalized spacial score (nSPS) is 14.6. The monoisotopic (exact) mass is 402 g/mol. The maximum Gasteiger partial charge on any atom is 0.251 e. The Kier molecular flexibility index (Phi) is 5.94. The molecule has 152 valence electrons. The van der Waals surface area contributed by atoms with Crippen molar-refractivity contribution in [2.75, 3.05) is 18.5 Å². The SMILES string of the molecule is O=C(Cc1ccccc1)Nc1ccc(C(=O)NC[C@@H]2COc3ccccc3O2)cc1. The van der Waals surface area contributed by atoms with Crippen molar-refractivity contribution in [1.82, 2.24) is 5.32 Å². The minimum Gasteiger partial charge on any atom is -0.486 e. The fraction of sp³-hybridized carbons (Fsp3) is 0.167. The highest BCUT2D eigenvalue weighted by Crippen LogP contribution is 2.30. The number of para-hydroxylation sites is 2. The first-order chi connectivity index (χ1) is 14.7. The Morgan fingerprint density at radius 2 is 1.57 bits per heavy atom. The molecule has 0 unspecified atom stereocenters. The molecular weight excluding hydrogens is 380 g/mol. The average molecular weight is 402 g/mol. The summed E-state index contributed by atoms with van der Waals surface area (Å²) in [5.41, 5.74) is 2.10. The Morgan fingerprint density at radius 3 is 2.33 bits per heavy atom.